The Kier molecular flexibility index (Phi) is 7.88. The lowest BCUT2D eigenvalue weighted by Gasteiger charge is -2.24. The summed E-state index contributed by atoms with van der Waals surface area (Å²) in [6.07, 6.45) is 2.70. The van der Waals surface area contributed by atoms with E-state index in [1.54, 1.807) is 39.1 Å². The van der Waals surface area contributed by atoms with Gasteiger partial charge in [-0.3, -0.25) is 4.79 Å². The summed E-state index contributed by atoms with van der Waals surface area (Å²) in [7, 11) is 0. The smallest absolute Gasteiger partial charge is 0.313 e. The summed E-state index contributed by atoms with van der Waals surface area (Å²) in [4.78, 5) is 20.9. The van der Waals surface area contributed by atoms with Crippen LogP contribution in [0.4, 0.5) is 5.69 Å². The molecule has 0 aliphatic heterocycles. The SMILES string of the molecule is CCOC(=O)C(C)(C)CNc1cccc(-c2noc(-c3cnc(OC(C)C)c(Cl)c3)n2)c1C=N. The van der Waals surface area contributed by atoms with Crippen LogP contribution in [0, 0.1) is 10.8 Å². The molecule has 2 aromatic heterocycles. The summed E-state index contributed by atoms with van der Waals surface area (Å²) < 4.78 is 16.1. The number of benzene rings is 1. The monoisotopic (exact) mass is 485 g/mol. The lowest BCUT2D eigenvalue weighted by Crippen LogP contribution is -2.34. The minimum absolute atomic E-state index is 0.0610. The van der Waals surface area contributed by atoms with Crippen molar-refractivity contribution in [2.75, 3.05) is 18.5 Å². The van der Waals surface area contributed by atoms with Crippen LogP contribution in [-0.2, 0) is 9.53 Å². The molecule has 0 atom stereocenters. The fraction of sp³-hybridized carbons (Fsp3) is 0.375. The van der Waals surface area contributed by atoms with Crippen LogP contribution < -0.4 is 10.1 Å². The van der Waals surface area contributed by atoms with Crippen LogP contribution in [0.3, 0.4) is 0 Å². The molecular weight excluding hydrogens is 458 g/mol. The molecule has 180 valence electrons. The average Bonchev–Trinajstić information content (AvgIpc) is 3.28. The van der Waals surface area contributed by atoms with Gasteiger partial charge in [0.1, 0.15) is 5.02 Å². The molecule has 0 saturated heterocycles. The predicted molar refractivity (Wildman–Crippen MR) is 131 cm³/mol. The molecule has 0 amide bonds. The summed E-state index contributed by atoms with van der Waals surface area (Å²) >= 11 is 6.28. The number of aromatic nitrogens is 3. The molecule has 0 radical (unpaired) electrons. The first kappa shape index (κ1) is 25.2. The van der Waals surface area contributed by atoms with Crippen LogP contribution in [0.5, 0.6) is 5.88 Å². The summed E-state index contributed by atoms with van der Waals surface area (Å²) in [5, 5.41) is 15.6. The number of hydrogen-bond acceptors (Lipinski definition) is 9. The van der Waals surface area contributed by atoms with E-state index in [4.69, 9.17) is 31.0 Å². The van der Waals surface area contributed by atoms with E-state index in [1.807, 2.05) is 26.0 Å². The van der Waals surface area contributed by atoms with Gasteiger partial charge in [-0.05, 0) is 46.8 Å². The lowest BCUT2D eigenvalue weighted by atomic mass is 9.93. The summed E-state index contributed by atoms with van der Waals surface area (Å²) in [5.41, 5.74) is 1.62. The lowest BCUT2D eigenvalue weighted by molar-refractivity contribution is -0.152. The van der Waals surface area contributed by atoms with Gasteiger partial charge in [-0.1, -0.05) is 28.9 Å². The Labute approximate surface area is 203 Å². The molecule has 2 heterocycles. The largest absolute Gasteiger partial charge is 0.474 e. The van der Waals surface area contributed by atoms with E-state index in [0.29, 0.717) is 52.3 Å². The van der Waals surface area contributed by atoms with Crippen molar-refractivity contribution in [3.8, 4) is 28.7 Å². The molecule has 0 aliphatic rings. The minimum atomic E-state index is -0.748. The number of nitrogens with zero attached hydrogens (tertiary/aromatic N) is 3. The van der Waals surface area contributed by atoms with Gasteiger partial charge in [0.15, 0.2) is 0 Å². The van der Waals surface area contributed by atoms with Gasteiger partial charge >= 0.3 is 5.97 Å². The van der Waals surface area contributed by atoms with E-state index in [-0.39, 0.29) is 18.0 Å². The summed E-state index contributed by atoms with van der Waals surface area (Å²) in [6.45, 7) is 9.79. The van der Waals surface area contributed by atoms with Crippen molar-refractivity contribution in [3.63, 3.8) is 0 Å². The number of ether oxygens (including phenoxy) is 2. The highest BCUT2D eigenvalue weighted by molar-refractivity contribution is 6.32. The van der Waals surface area contributed by atoms with Gasteiger partial charge in [0.2, 0.25) is 11.7 Å². The summed E-state index contributed by atoms with van der Waals surface area (Å²) in [6, 6.07) is 7.08. The number of hydrogen-bond donors (Lipinski definition) is 2. The number of nitrogens with one attached hydrogen (secondary N) is 2. The van der Waals surface area contributed by atoms with Crippen molar-refractivity contribution < 1.29 is 18.8 Å². The molecule has 10 heteroatoms. The second-order valence-corrected chi connectivity index (χ2v) is 8.88. The third-order valence-electron chi connectivity index (χ3n) is 4.87. The second-order valence-electron chi connectivity index (χ2n) is 8.47. The van der Waals surface area contributed by atoms with E-state index < -0.39 is 5.41 Å². The maximum atomic E-state index is 12.2. The number of pyridine rings is 1. The first-order valence-corrected chi connectivity index (χ1v) is 11.2. The van der Waals surface area contributed by atoms with Gasteiger partial charge in [-0.15, -0.1) is 0 Å². The fourth-order valence-electron chi connectivity index (χ4n) is 3.09. The number of esters is 1. The number of anilines is 1. The molecule has 0 spiro atoms. The molecule has 1 aromatic carbocycles. The van der Waals surface area contributed by atoms with Crippen molar-refractivity contribution >= 4 is 29.5 Å². The van der Waals surface area contributed by atoms with Crippen molar-refractivity contribution in [3.05, 3.63) is 41.0 Å². The molecule has 3 aromatic rings. The van der Waals surface area contributed by atoms with Gasteiger partial charge in [0.25, 0.3) is 5.89 Å². The van der Waals surface area contributed by atoms with E-state index in [2.05, 4.69) is 20.4 Å². The third-order valence-corrected chi connectivity index (χ3v) is 5.14. The Morgan fingerprint density at radius 3 is 2.76 bits per heavy atom. The van der Waals surface area contributed by atoms with Crippen LogP contribution in [0.25, 0.3) is 22.8 Å². The number of carbonyl (C=O) groups excluding carboxylic acids is 1. The van der Waals surface area contributed by atoms with Gasteiger partial charge in [0, 0.05) is 35.8 Å². The van der Waals surface area contributed by atoms with E-state index >= 15 is 0 Å². The number of rotatable bonds is 10. The molecule has 34 heavy (non-hydrogen) atoms. The van der Waals surface area contributed by atoms with E-state index in [1.165, 1.54) is 6.21 Å². The van der Waals surface area contributed by atoms with Crippen LogP contribution in [0.1, 0.15) is 40.2 Å². The van der Waals surface area contributed by atoms with Gasteiger partial charge in [-0.25, -0.2) is 4.98 Å². The maximum absolute atomic E-state index is 12.2. The van der Waals surface area contributed by atoms with Crippen LogP contribution in [0.15, 0.2) is 35.0 Å². The Hall–Kier alpha value is -3.46. The minimum Gasteiger partial charge on any atom is -0.474 e. The highest BCUT2D eigenvalue weighted by Crippen LogP contribution is 2.31. The molecule has 0 bridgehead atoms. The number of carbonyl (C=O) groups is 1. The molecule has 2 N–H and O–H groups in total. The number of halogens is 1. The fourth-order valence-corrected chi connectivity index (χ4v) is 3.30. The zero-order valence-electron chi connectivity index (χ0n) is 19.8. The molecule has 0 unspecified atom stereocenters. The third kappa shape index (κ3) is 5.72. The van der Waals surface area contributed by atoms with Crippen LogP contribution in [-0.4, -0.2) is 46.6 Å². The van der Waals surface area contributed by atoms with Crippen LogP contribution in [0.2, 0.25) is 5.02 Å². The normalized spacial score (nSPS) is 11.4. The maximum Gasteiger partial charge on any atom is 0.313 e. The average molecular weight is 486 g/mol. The van der Waals surface area contributed by atoms with Gasteiger partial charge in [-0.2, -0.15) is 4.98 Å². The van der Waals surface area contributed by atoms with Crippen molar-refractivity contribution in [2.45, 2.75) is 40.7 Å². The molecule has 0 fully saturated rings. The Morgan fingerprint density at radius 1 is 1.35 bits per heavy atom. The molecule has 9 nitrogen and oxygen atoms in total. The van der Waals surface area contributed by atoms with Crippen molar-refractivity contribution in [1.29, 1.82) is 5.41 Å². The first-order valence-electron chi connectivity index (χ1n) is 10.9. The predicted octanol–water partition coefficient (Wildman–Crippen LogP) is 5.24. The molecular formula is C24H28ClN5O4. The standard InChI is InChI=1S/C24H28ClN5O4/c1-6-32-23(31)24(4,5)13-28-19-9-7-8-16(17(19)11-26)20-29-21(34-30-20)15-10-18(25)22(27-12-15)33-14(2)3/h7-12,14,26,28H,6,13H2,1-5H3. The highest BCUT2D eigenvalue weighted by atomic mass is 35.5. The Morgan fingerprint density at radius 2 is 2.12 bits per heavy atom. The summed E-state index contributed by atoms with van der Waals surface area (Å²) in [5.74, 6) is 0.574. The topological polar surface area (TPSA) is 123 Å². The molecule has 0 saturated carbocycles. The Balaban J connectivity index is 1.86. The molecule has 3 rings (SSSR count). The van der Waals surface area contributed by atoms with E-state index in [9.17, 15) is 4.79 Å². The van der Waals surface area contributed by atoms with Gasteiger partial charge in [0.05, 0.1) is 23.7 Å². The van der Waals surface area contributed by atoms with E-state index in [0.717, 1.165) is 0 Å². The van der Waals surface area contributed by atoms with Crippen molar-refractivity contribution in [2.24, 2.45) is 5.41 Å². The van der Waals surface area contributed by atoms with Gasteiger partial charge < -0.3 is 24.7 Å². The second kappa shape index (κ2) is 10.6. The zero-order valence-corrected chi connectivity index (χ0v) is 20.6. The van der Waals surface area contributed by atoms with Crippen LogP contribution >= 0.6 is 11.6 Å². The molecule has 0 aliphatic carbocycles. The van der Waals surface area contributed by atoms with Crippen molar-refractivity contribution in [1.82, 2.24) is 15.1 Å². The Bertz CT molecular complexity index is 1180. The zero-order chi connectivity index (χ0) is 24.9. The quantitative estimate of drug-likeness (QED) is 0.295. The highest BCUT2D eigenvalue weighted by Gasteiger charge is 2.29. The first-order chi connectivity index (χ1) is 16.2.